The van der Waals surface area contributed by atoms with Crippen LogP contribution in [0, 0.1) is 6.07 Å². The lowest BCUT2D eigenvalue weighted by Crippen LogP contribution is -1.95. The Hall–Kier alpha value is -0.350. The Bertz CT molecular complexity index is 339. The van der Waals surface area contributed by atoms with Gasteiger partial charge in [-0.2, -0.15) is 0 Å². The summed E-state index contributed by atoms with van der Waals surface area (Å²) in [4.78, 5) is 0.223. The molecule has 0 aliphatic heterocycles. The molecule has 0 saturated carbocycles. The smallest absolute Gasteiger partial charge is 0.176 e. The summed E-state index contributed by atoms with van der Waals surface area (Å²) < 4.78 is 22.6. The van der Waals surface area contributed by atoms with Gasteiger partial charge >= 0.3 is 0 Å². The molecule has 2 nitrogen and oxygen atoms in total. The minimum absolute atomic E-state index is 0.223. The molecule has 0 fully saturated rings. The van der Waals surface area contributed by atoms with E-state index >= 15 is 0 Å². The van der Waals surface area contributed by atoms with Gasteiger partial charge in [-0.25, -0.2) is 8.42 Å². The van der Waals surface area contributed by atoms with Crippen molar-refractivity contribution in [2.75, 3.05) is 6.26 Å². The molecule has 1 aromatic rings. The highest BCUT2D eigenvalue weighted by atomic mass is 79.9. The molecule has 0 heterocycles. The Labute approximate surface area is 74.3 Å². The average molecular weight is 234 g/mol. The second-order valence-electron chi connectivity index (χ2n) is 2.14. The Balaban J connectivity index is 3.20. The van der Waals surface area contributed by atoms with E-state index in [1.807, 2.05) is 0 Å². The molecular weight excluding hydrogens is 228 g/mol. The third-order valence-corrected chi connectivity index (χ3v) is 2.69. The topological polar surface area (TPSA) is 34.1 Å². The molecule has 0 aromatic heterocycles. The second-order valence-corrected chi connectivity index (χ2v) is 5.04. The molecule has 0 unspecified atom stereocenters. The standard InChI is InChI=1S/C7H6BrO2S/c1-11(9,10)7-4-2-6(8)3-5-7/h2-4H,1H3. The Kier molecular flexibility index (Phi) is 2.34. The fourth-order valence-corrected chi connectivity index (χ4v) is 1.46. The fraction of sp³-hybridized carbons (Fsp3) is 0.143. The van der Waals surface area contributed by atoms with Crippen LogP contribution in [0.5, 0.6) is 0 Å². The molecule has 1 aromatic carbocycles. The quantitative estimate of drug-likeness (QED) is 0.740. The van der Waals surface area contributed by atoms with E-state index in [4.69, 9.17) is 0 Å². The molecular formula is C7H6BrO2S. The summed E-state index contributed by atoms with van der Waals surface area (Å²) in [5.74, 6) is 0. The highest BCUT2D eigenvalue weighted by Crippen LogP contribution is 2.13. The van der Waals surface area contributed by atoms with Crippen molar-refractivity contribution in [1.29, 1.82) is 0 Å². The van der Waals surface area contributed by atoms with Gasteiger partial charge in [-0.15, -0.1) is 0 Å². The molecule has 0 spiro atoms. The van der Waals surface area contributed by atoms with Crippen molar-refractivity contribution in [2.24, 2.45) is 0 Å². The molecule has 1 radical (unpaired) electrons. The Morgan fingerprint density at radius 3 is 2.45 bits per heavy atom. The largest absolute Gasteiger partial charge is 0.224 e. The van der Waals surface area contributed by atoms with Crippen LogP contribution >= 0.6 is 15.9 Å². The molecule has 0 aliphatic carbocycles. The van der Waals surface area contributed by atoms with E-state index in [0.717, 1.165) is 10.7 Å². The monoisotopic (exact) mass is 233 g/mol. The number of halogens is 1. The van der Waals surface area contributed by atoms with Gasteiger partial charge < -0.3 is 0 Å². The first-order valence-corrected chi connectivity index (χ1v) is 5.56. The van der Waals surface area contributed by atoms with Crippen molar-refractivity contribution >= 4 is 25.8 Å². The van der Waals surface area contributed by atoms with Crippen LogP contribution in [0.3, 0.4) is 0 Å². The van der Waals surface area contributed by atoms with Crippen LogP contribution in [0.1, 0.15) is 0 Å². The van der Waals surface area contributed by atoms with Crippen LogP contribution in [-0.2, 0) is 9.84 Å². The molecule has 0 saturated heterocycles. The van der Waals surface area contributed by atoms with Crippen LogP contribution < -0.4 is 0 Å². The van der Waals surface area contributed by atoms with Gasteiger partial charge in [-0.3, -0.25) is 0 Å². The van der Waals surface area contributed by atoms with Gasteiger partial charge in [0.2, 0.25) is 0 Å². The Morgan fingerprint density at radius 1 is 1.45 bits per heavy atom. The zero-order valence-corrected chi connectivity index (χ0v) is 8.24. The third-order valence-electron chi connectivity index (χ3n) is 1.15. The van der Waals surface area contributed by atoms with Crippen molar-refractivity contribution in [2.45, 2.75) is 4.90 Å². The lowest BCUT2D eigenvalue weighted by molar-refractivity contribution is 0.601. The summed E-state index contributed by atoms with van der Waals surface area (Å²) >= 11 is 3.19. The number of benzene rings is 1. The third kappa shape index (κ3) is 2.31. The van der Waals surface area contributed by atoms with E-state index < -0.39 is 9.84 Å². The van der Waals surface area contributed by atoms with E-state index in [-0.39, 0.29) is 4.90 Å². The summed E-state index contributed by atoms with van der Waals surface area (Å²) in [7, 11) is -3.10. The van der Waals surface area contributed by atoms with Crippen molar-refractivity contribution in [3.05, 3.63) is 28.7 Å². The van der Waals surface area contributed by atoms with Crippen molar-refractivity contribution in [3.63, 3.8) is 0 Å². The van der Waals surface area contributed by atoms with Crippen LogP contribution in [0.25, 0.3) is 0 Å². The summed E-state index contributed by atoms with van der Waals surface area (Å²) in [6, 6.07) is 7.41. The predicted molar refractivity (Wildman–Crippen MR) is 46.1 cm³/mol. The van der Waals surface area contributed by atoms with Gasteiger partial charge in [0.1, 0.15) is 0 Å². The number of sulfone groups is 1. The highest BCUT2D eigenvalue weighted by molar-refractivity contribution is 9.10. The second kappa shape index (κ2) is 2.95. The normalized spacial score (nSPS) is 11.5. The number of hydrogen-bond acceptors (Lipinski definition) is 2. The summed E-state index contributed by atoms with van der Waals surface area (Å²) in [5, 5.41) is 0. The fourth-order valence-electron chi connectivity index (χ4n) is 0.622. The molecule has 0 bridgehead atoms. The van der Waals surface area contributed by atoms with Crippen LogP contribution in [0.15, 0.2) is 27.6 Å². The number of rotatable bonds is 1. The highest BCUT2D eigenvalue weighted by Gasteiger charge is 2.05. The Morgan fingerprint density at radius 2 is 2.09 bits per heavy atom. The molecule has 59 valence electrons. The van der Waals surface area contributed by atoms with Gasteiger partial charge in [-0.05, 0) is 18.2 Å². The van der Waals surface area contributed by atoms with Gasteiger partial charge in [0.05, 0.1) is 4.90 Å². The van der Waals surface area contributed by atoms with Gasteiger partial charge in [0.25, 0.3) is 0 Å². The van der Waals surface area contributed by atoms with Crippen molar-refractivity contribution in [1.82, 2.24) is 0 Å². The first-order chi connectivity index (χ1) is 5.00. The molecule has 0 atom stereocenters. The average Bonchev–Trinajstić information content (AvgIpc) is 1.86. The van der Waals surface area contributed by atoms with Gasteiger partial charge in [0, 0.05) is 16.8 Å². The molecule has 4 heteroatoms. The minimum Gasteiger partial charge on any atom is -0.224 e. The van der Waals surface area contributed by atoms with Crippen LogP contribution in [0.2, 0.25) is 0 Å². The lowest BCUT2D eigenvalue weighted by atomic mass is 10.4. The SMILES string of the molecule is CS(=O)(=O)c1[c]cc(Br)cc1. The molecule has 1 rings (SSSR count). The minimum atomic E-state index is -3.10. The first kappa shape index (κ1) is 8.74. The van der Waals surface area contributed by atoms with Crippen LogP contribution in [0.4, 0.5) is 0 Å². The van der Waals surface area contributed by atoms with E-state index in [0.29, 0.717) is 0 Å². The van der Waals surface area contributed by atoms with E-state index in [1.165, 1.54) is 6.07 Å². The summed E-state index contributed by atoms with van der Waals surface area (Å²) in [6.45, 7) is 0. The van der Waals surface area contributed by atoms with Gasteiger partial charge in [-0.1, -0.05) is 15.9 Å². The van der Waals surface area contributed by atoms with Crippen molar-refractivity contribution < 1.29 is 8.42 Å². The van der Waals surface area contributed by atoms with E-state index in [9.17, 15) is 8.42 Å². The van der Waals surface area contributed by atoms with E-state index in [2.05, 4.69) is 22.0 Å². The van der Waals surface area contributed by atoms with Gasteiger partial charge in [0.15, 0.2) is 9.84 Å². The molecule has 0 N–H and O–H groups in total. The zero-order valence-electron chi connectivity index (χ0n) is 5.83. The lowest BCUT2D eigenvalue weighted by Gasteiger charge is -1.95. The summed E-state index contributed by atoms with van der Waals surface area (Å²) in [6.07, 6.45) is 1.16. The maximum absolute atomic E-state index is 10.9. The molecule has 0 amide bonds. The molecule has 0 aliphatic rings. The number of hydrogen-bond donors (Lipinski definition) is 0. The predicted octanol–water partition coefficient (Wildman–Crippen LogP) is 1.65. The van der Waals surface area contributed by atoms with Crippen molar-refractivity contribution in [3.8, 4) is 0 Å². The van der Waals surface area contributed by atoms with Crippen LogP contribution in [-0.4, -0.2) is 14.7 Å². The van der Waals surface area contributed by atoms with E-state index in [1.54, 1.807) is 12.1 Å². The zero-order chi connectivity index (χ0) is 8.48. The summed E-state index contributed by atoms with van der Waals surface area (Å²) in [5.41, 5.74) is 0. The molecule has 11 heavy (non-hydrogen) atoms. The first-order valence-electron chi connectivity index (χ1n) is 2.87. The maximum atomic E-state index is 10.9. The maximum Gasteiger partial charge on any atom is 0.176 e.